The second-order valence-corrected chi connectivity index (χ2v) is 5.38. The van der Waals surface area contributed by atoms with Crippen LogP contribution in [-0.2, 0) is 0 Å². The van der Waals surface area contributed by atoms with Crippen molar-refractivity contribution in [2.24, 2.45) is 0 Å². The molecule has 0 unspecified atom stereocenters. The Bertz CT molecular complexity index is 607. The number of carbonyl (C=O) groups is 1. The van der Waals surface area contributed by atoms with Crippen molar-refractivity contribution >= 4 is 23.4 Å². The molecule has 2 aromatic rings. The van der Waals surface area contributed by atoms with E-state index >= 15 is 0 Å². The van der Waals surface area contributed by atoms with Crippen molar-refractivity contribution < 1.29 is 4.79 Å². The first-order valence-electron chi connectivity index (χ1n) is 6.13. The number of rotatable bonds is 3. The van der Waals surface area contributed by atoms with Gasteiger partial charge in [-0.3, -0.25) is 4.79 Å². The second kappa shape index (κ2) is 5.93. The Morgan fingerprint density at radius 2 is 1.89 bits per heavy atom. The van der Waals surface area contributed by atoms with E-state index in [2.05, 4.69) is 5.32 Å². The lowest BCUT2D eigenvalue weighted by atomic mass is 10.1. The highest BCUT2D eigenvalue weighted by molar-refractivity contribution is 7.98. The highest BCUT2D eigenvalue weighted by atomic mass is 32.2. The molecule has 2 rings (SSSR count). The van der Waals surface area contributed by atoms with E-state index in [1.165, 1.54) is 0 Å². The molecule has 0 fully saturated rings. The average Bonchev–Trinajstić information content (AvgIpc) is 2.39. The van der Waals surface area contributed by atoms with Crippen molar-refractivity contribution in [1.29, 1.82) is 0 Å². The van der Waals surface area contributed by atoms with Crippen LogP contribution in [0, 0.1) is 13.8 Å². The van der Waals surface area contributed by atoms with Gasteiger partial charge in [-0.05, 0) is 55.5 Å². The number of hydrogen-bond donors (Lipinski definition) is 1. The molecular formula is C16H17NOS. The molecule has 1 amide bonds. The summed E-state index contributed by atoms with van der Waals surface area (Å²) in [7, 11) is 0. The number of amides is 1. The third-order valence-corrected chi connectivity index (χ3v) is 3.69. The van der Waals surface area contributed by atoms with Crippen molar-refractivity contribution in [3.63, 3.8) is 0 Å². The van der Waals surface area contributed by atoms with Gasteiger partial charge in [-0.1, -0.05) is 18.2 Å². The molecule has 0 aliphatic heterocycles. The second-order valence-electron chi connectivity index (χ2n) is 4.50. The predicted molar refractivity (Wildman–Crippen MR) is 82.1 cm³/mol. The maximum Gasteiger partial charge on any atom is 0.255 e. The Labute approximate surface area is 118 Å². The molecule has 19 heavy (non-hydrogen) atoms. The van der Waals surface area contributed by atoms with E-state index in [9.17, 15) is 4.79 Å². The number of hydrogen-bond acceptors (Lipinski definition) is 2. The van der Waals surface area contributed by atoms with E-state index in [4.69, 9.17) is 0 Å². The molecule has 0 radical (unpaired) electrons. The lowest BCUT2D eigenvalue weighted by molar-refractivity contribution is 0.102. The number of thioether (sulfide) groups is 1. The van der Waals surface area contributed by atoms with E-state index < -0.39 is 0 Å². The maximum absolute atomic E-state index is 12.3. The summed E-state index contributed by atoms with van der Waals surface area (Å²) in [6, 6.07) is 13.8. The standard InChI is InChI=1S/C16H17NOS/c1-11-5-4-6-13(9-11)17-16(18)15-10-14(19-3)8-7-12(15)2/h4-10H,1-3H3,(H,17,18). The molecule has 2 nitrogen and oxygen atoms in total. The fourth-order valence-corrected chi connectivity index (χ4v) is 2.33. The Morgan fingerprint density at radius 3 is 2.58 bits per heavy atom. The fraction of sp³-hybridized carbons (Fsp3) is 0.188. The molecule has 0 heterocycles. The van der Waals surface area contributed by atoms with Gasteiger partial charge in [0.25, 0.3) is 5.91 Å². The average molecular weight is 271 g/mol. The summed E-state index contributed by atoms with van der Waals surface area (Å²) in [6.45, 7) is 3.96. The Balaban J connectivity index is 2.25. The zero-order valence-electron chi connectivity index (χ0n) is 11.4. The van der Waals surface area contributed by atoms with Gasteiger partial charge >= 0.3 is 0 Å². The summed E-state index contributed by atoms with van der Waals surface area (Å²) in [4.78, 5) is 13.4. The molecule has 1 N–H and O–H groups in total. The molecule has 2 aromatic carbocycles. The van der Waals surface area contributed by atoms with Gasteiger partial charge in [0.1, 0.15) is 0 Å². The smallest absolute Gasteiger partial charge is 0.255 e. The topological polar surface area (TPSA) is 29.1 Å². The predicted octanol–water partition coefficient (Wildman–Crippen LogP) is 4.28. The molecule has 98 valence electrons. The lowest BCUT2D eigenvalue weighted by Crippen LogP contribution is -2.13. The van der Waals surface area contributed by atoms with Crippen LogP contribution >= 0.6 is 11.8 Å². The van der Waals surface area contributed by atoms with Crippen LogP contribution in [0.4, 0.5) is 5.69 Å². The van der Waals surface area contributed by atoms with Crippen LogP contribution in [-0.4, -0.2) is 12.2 Å². The first-order chi connectivity index (χ1) is 9.10. The largest absolute Gasteiger partial charge is 0.322 e. The van der Waals surface area contributed by atoms with Gasteiger partial charge in [-0.25, -0.2) is 0 Å². The van der Waals surface area contributed by atoms with Gasteiger partial charge in [-0.15, -0.1) is 11.8 Å². The van der Waals surface area contributed by atoms with E-state index in [-0.39, 0.29) is 5.91 Å². The minimum absolute atomic E-state index is 0.0565. The van der Waals surface area contributed by atoms with Crippen LogP contribution < -0.4 is 5.32 Å². The van der Waals surface area contributed by atoms with Crippen LogP contribution in [0.25, 0.3) is 0 Å². The number of aryl methyl sites for hydroxylation is 2. The van der Waals surface area contributed by atoms with Crippen molar-refractivity contribution in [1.82, 2.24) is 0 Å². The number of anilines is 1. The molecule has 0 spiro atoms. The van der Waals surface area contributed by atoms with Gasteiger partial charge in [0, 0.05) is 16.1 Å². The van der Waals surface area contributed by atoms with E-state index in [1.807, 2.05) is 62.6 Å². The first-order valence-corrected chi connectivity index (χ1v) is 7.35. The third kappa shape index (κ3) is 3.38. The Morgan fingerprint density at radius 1 is 1.11 bits per heavy atom. The van der Waals surface area contributed by atoms with E-state index in [0.717, 1.165) is 27.3 Å². The van der Waals surface area contributed by atoms with Crippen LogP contribution in [0.15, 0.2) is 47.4 Å². The molecule has 0 aromatic heterocycles. The molecule has 0 saturated heterocycles. The summed E-state index contributed by atoms with van der Waals surface area (Å²) < 4.78 is 0. The zero-order valence-corrected chi connectivity index (χ0v) is 12.2. The Kier molecular flexibility index (Phi) is 4.27. The molecule has 0 aliphatic carbocycles. The Hall–Kier alpha value is -1.74. The van der Waals surface area contributed by atoms with Crippen LogP contribution in [0.3, 0.4) is 0 Å². The number of benzene rings is 2. The SMILES string of the molecule is CSc1ccc(C)c(C(=O)Nc2cccc(C)c2)c1. The van der Waals surface area contributed by atoms with Gasteiger partial charge in [0.15, 0.2) is 0 Å². The number of nitrogens with one attached hydrogen (secondary N) is 1. The normalized spacial score (nSPS) is 10.3. The highest BCUT2D eigenvalue weighted by Crippen LogP contribution is 2.20. The summed E-state index contributed by atoms with van der Waals surface area (Å²) in [5.74, 6) is -0.0565. The third-order valence-electron chi connectivity index (χ3n) is 2.97. The van der Waals surface area contributed by atoms with Crippen molar-refractivity contribution in [3.05, 3.63) is 59.2 Å². The minimum Gasteiger partial charge on any atom is -0.322 e. The fourth-order valence-electron chi connectivity index (χ4n) is 1.89. The summed E-state index contributed by atoms with van der Waals surface area (Å²) in [5, 5.41) is 2.94. The van der Waals surface area contributed by atoms with Crippen LogP contribution in [0.2, 0.25) is 0 Å². The van der Waals surface area contributed by atoms with Crippen molar-refractivity contribution in [2.45, 2.75) is 18.7 Å². The van der Waals surface area contributed by atoms with Gasteiger partial charge < -0.3 is 5.32 Å². The quantitative estimate of drug-likeness (QED) is 0.844. The summed E-state index contributed by atoms with van der Waals surface area (Å²) >= 11 is 1.64. The minimum atomic E-state index is -0.0565. The van der Waals surface area contributed by atoms with Crippen LogP contribution in [0.5, 0.6) is 0 Å². The lowest BCUT2D eigenvalue weighted by Gasteiger charge is -2.09. The first kappa shape index (κ1) is 13.7. The monoisotopic (exact) mass is 271 g/mol. The van der Waals surface area contributed by atoms with E-state index in [0.29, 0.717) is 0 Å². The zero-order chi connectivity index (χ0) is 13.8. The molecule has 0 saturated carbocycles. The summed E-state index contributed by atoms with van der Waals surface area (Å²) in [5.41, 5.74) is 3.68. The molecular weight excluding hydrogens is 254 g/mol. The van der Waals surface area contributed by atoms with E-state index in [1.54, 1.807) is 11.8 Å². The molecule has 0 aliphatic rings. The molecule has 3 heteroatoms. The maximum atomic E-state index is 12.3. The van der Waals surface area contributed by atoms with Crippen molar-refractivity contribution in [3.8, 4) is 0 Å². The summed E-state index contributed by atoms with van der Waals surface area (Å²) in [6.07, 6.45) is 2.01. The van der Waals surface area contributed by atoms with Crippen LogP contribution in [0.1, 0.15) is 21.5 Å². The van der Waals surface area contributed by atoms with Crippen molar-refractivity contribution in [2.75, 3.05) is 11.6 Å². The van der Waals surface area contributed by atoms with Gasteiger partial charge in [0.2, 0.25) is 0 Å². The highest BCUT2D eigenvalue weighted by Gasteiger charge is 2.10. The number of carbonyl (C=O) groups excluding carboxylic acids is 1. The van der Waals surface area contributed by atoms with Gasteiger partial charge in [0.05, 0.1) is 0 Å². The molecule has 0 bridgehead atoms. The molecule has 0 atom stereocenters. The van der Waals surface area contributed by atoms with Gasteiger partial charge in [-0.2, -0.15) is 0 Å².